The van der Waals surface area contributed by atoms with Gasteiger partial charge in [0.2, 0.25) is 0 Å². The Kier molecular flexibility index (Phi) is 4.00. The van der Waals surface area contributed by atoms with E-state index in [2.05, 4.69) is 34.5 Å². The quantitative estimate of drug-likeness (QED) is 0.916. The van der Waals surface area contributed by atoms with Crippen molar-refractivity contribution in [1.29, 1.82) is 0 Å². The number of hydrogen-bond donors (Lipinski definition) is 1. The number of hydrogen-bond acceptors (Lipinski definition) is 2. The van der Waals surface area contributed by atoms with Gasteiger partial charge < -0.3 is 5.32 Å². The van der Waals surface area contributed by atoms with Crippen molar-refractivity contribution >= 4 is 0 Å². The molecule has 0 amide bonds. The molecule has 0 saturated carbocycles. The van der Waals surface area contributed by atoms with Gasteiger partial charge in [-0.1, -0.05) is 24.3 Å². The molecule has 0 spiro atoms. The van der Waals surface area contributed by atoms with E-state index >= 15 is 0 Å². The summed E-state index contributed by atoms with van der Waals surface area (Å²) in [4.78, 5) is 2.82. The Hall–Kier alpha value is -0.860. The second-order valence-corrected chi connectivity index (χ2v) is 7.20. The van der Waals surface area contributed by atoms with Crippen LogP contribution in [0.4, 0.5) is 0 Å². The third-order valence-corrected chi connectivity index (χ3v) is 5.93. The lowest BCUT2D eigenvalue weighted by Crippen LogP contribution is -2.45. The van der Waals surface area contributed by atoms with E-state index in [-0.39, 0.29) is 0 Å². The number of aryl methyl sites for hydroxylation is 1. The maximum atomic E-state index is 3.74. The molecule has 3 atom stereocenters. The average molecular weight is 284 g/mol. The van der Waals surface area contributed by atoms with Crippen molar-refractivity contribution in [2.75, 3.05) is 19.6 Å². The van der Waals surface area contributed by atoms with Crippen molar-refractivity contribution in [2.45, 2.75) is 62.9 Å². The molecule has 1 N–H and O–H groups in total. The molecule has 0 bridgehead atoms. The first-order valence-electron chi connectivity index (χ1n) is 8.97. The Balaban J connectivity index is 1.48. The molecule has 21 heavy (non-hydrogen) atoms. The van der Waals surface area contributed by atoms with Crippen molar-refractivity contribution in [3.8, 4) is 0 Å². The molecule has 2 aliphatic heterocycles. The van der Waals surface area contributed by atoms with Crippen molar-refractivity contribution in [2.24, 2.45) is 0 Å². The minimum Gasteiger partial charge on any atom is -0.312 e. The molecule has 0 radical (unpaired) electrons. The van der Waals surface area contributed by atoms with Crippen molar-refractivity contribution in [3.05, 3.63) is 35.4 Å². The molecule has 4 rings (SSSR count). The molecule has 2 saturated heterocycles. The summed E-state index contributed by atoms with van der Waals surface area (Å²) in [5.74, 6) is 0.775. The molecule has 2 heterocycles. The van der Waals surface area contributed by atoms with Gasteiger partial charge in [-0.15, -0.1) is 0 Å². The van der Waals surface area contributed by atoms with Gasteiger partial charge in [0.1, 0.15) is 0 Å². The lowest BCUT2D eigenvalue weighted by molar-refractivity contribution is 0.197. The molecule has 2 fully saturated rings. The standard InChI is InChI=1S/C19H28N2/c1-2-9-17-15(6-1)7-3-8-16(17)14-21-13-5-11-19(21)18-10-4-12-20-18/h1-2,6,9,16,18-20H,3-5,7-8,10-14H2. The van der Waals surface area contributed by atoms with E-state index in [1.807, 2.05) is 0 Å². The van der Waals surface area contributed by atoms with E-state index in [1.165, 1.54) is 64.6 Å². The summed E-state index contributed by atoms with van der Waals surface area (Å²) in [5, 5.41) is 3.74. The van der Waals surface area contributed by atoms with Crippen LogP contribution in [-0.4, -0.2) is 36.6 Å². The van der Waals surface area contributed by atoms with Crippen LogP contribution in [0, 0.1) is 0 Å². The van der Waals surface area contributed by atoms with E-state index in [9.17, 15) is 0 Å². The SMILES string of the molecule is c1ccc2c(c1)CCCC2CN1CCCC1C1CCCN1. The molecular formula is C19H28N2. The fourth-order valence-corrected chi connectivity index (χ4v) is 4.90. The fraction of sp³-hybridized carbons (Fsp3) is 0.684. The Labute approximate surface area is 128 Å². The molecule has 1 aliphatic carbocycles. The summed E-state index contributed by atoms with van der Waals surface area (Å²) >= 11 is 0. The second kappa shape index (κ2) is 6.10. The minimum absolute atomic E-state index is 0.770. The van der Waals surface area contributed by atoms with Gasteiger partial charge in [-0.3, -0.25) is 4.90 Å². The van der Waals surface area contributed by atoms with Crippen LogP contribution >= 0.6 is 0 Å². The van der Waals surface area contributed by atoms with Gasteiger partial charge in [-0.25, -0.2) is 0 Å². The number of fused-ring (bicyclic) bond motifs is 1. The first kappa shape index (κ1) is 13.8. The Morgan fingerprint density at radius 1 is 1.05 bits per heavy atom. The van der Waals surface area contributed by atoms with Gasteiger partial charge in [0.25, 0.3) is 0 Å². The zero-order valence-corrected chi connectivity index (χ0v) is 13.1. The predicted octanol–water partition coefficient (Wildman–Crippen LogP) is 3.32. The van der Waals surface area contributed by atoms with Crippen molar-refractivity contribution < 1.29 is 0 Å². The lowest BCUT2D eigenvalue weighted by atomic mass is 9.82. The number of benzene rings is 1. The van der Waals surface area contributed by atoms with Crippen LogP contribution in [0.2, 0.25) is 0 Å². The van der Waals surface area contributed by atoms with E-state index in [1.54, 1.807) is 11.1 Å². The molecule has 0 aromatic heterocycles. The number of likely N-dealkylation sites (tertiary alicyclic amines) is 1. The zero-order chi connectivity index (χ0) is 14.1. The highest BCUT2D eigenvalue weighted by molar-refractivity contribution is 5.32. The summed E-state index contributed by atoms with van der Waals surface area (Å²) in [7, 11) is 0. The highest BCUT2D eigenvalue weighted by Crippen LogP contribution is 2.34. The maximum absolute atomic E-state index is 3.74. The molecule has 3 aliphatic rings. The smallest absolute Gasteiger partial charge is 0.0250 e. The van der Waals surface area contributed by atoms with E-state index < -0.39 is 0 Å². The second-order valence-electron chi connectivity index (χ2n) is 7.20. The molecule has 2 nitrogen and oxygen atoms in total. The number of nitrogens with zero attached hydrogens (tertiary/aromatic N) is 1. The summed E-state index contributed by atoms with van der Waals surface area (Å²) in [6.45, 7) is 3.85. The number of nitrogens with one attached hydrogen (secondary N) is 1. The maximum Gasteiger partial charge on any atom is 0.0250 e. The van der Waals surface area contributed by atoms with Crippen molar-refractivity contribution in [1.82, 2.24) is 10.2 Å². The molecule has 114 valence electrons. The van der Waals surface area contributed by atoms with Crippen molar-refractivity contribution in [3.63, 3.8) is 0 Å². The number of rotatable bonds is 3. The van der Waals surface area contributed by atoms with Gasteiger partial charge >= 0.3 is 0 Å². The van der Waals surface area contributed by atoms with Gasteiger partial charge in [0, 0.05) is 18.6 Å². The van der Waals surface area contributed by atoms with Gasteiger partial charge in [-0.2, -0.15) is 0 Å². The van der Waals surface area contributed by atoms with Crippen LogP contribution < -0.4 is 5.32 Å². The monoisotopic (exact) mass is 284 g/mol. The third-order valence-electron chi connectivity index (χ3n) is 5.93. The molecule has 3 unspecified atom stereocenters. The summed E-state index contributed by atoms with van der Waals surface area (Å²) in [6, 6.07) is 10.8. The van der Waals surface area contributed by atoms with Gasteiger partial charge in [0.15, 0.2) is 0 Å². The van der Waals surface area contributed by atoms with Crippen LogP contribution in [0.5, 0.6) is 0 Å². The topological polar surface area (TPSA) is 15.3 Å². The van der Waals surface area contributed by atoms with Crippen LogP contribution in [0.1, 0.15) is 55.6 Å². The Morgan fingerprint density at radius 2 is 2.00 bits per heavy atom. The van der Waals surface area contributed by atoms with E-state index in [0.29, 0.717) is 0 Å². The third kappa shape index (κ3) is 2.76. The van der Waals surface area contributed by atoms with Crippen LogP contribution in [0.3, 0.4) is 0 Å². The summed E-state index contributed by atoms with van der Waals surface area (Å²) in [5.41, 5.74) is 3.26. The highest BCUT2D eigenvalue weighted by Gasteiger charge is 2.34. The minimum atomic E-state index is 0.770. The molecule has 1 aromatic carbocycles. The first-order chi connectivity index (χ1) is 10.4. The predicted molar refractivity (Wildman–Crippen MR) is 87.7 cm³/mol. The van der Waals surface area contributed by atoms with Crippen LogP contribution in [-0.2, 0) is 6.42 Å². The van der Waals surface area contributed by atoms with E-state index in [4.69, 9.17) is 0 Å². The van der Waals surface area contributed by atoms with Gasteiger partial charge in [-0.05, 0) is 75.1 Å². The van der Waals surface area contributed by atoms with E-state index in [0.717, 1.165) is 18.0 Å². The normalized spacial score (nSPS) is 33.2. The van der Waals surface area contributed by atoms with Crippen LogP contribution in [0.25, 0.3) is 0 Å². The molecule has 1 aromatic rings. The Morgan fingerprint density at radius 3 is 2.90 bits per heavy atom. The average Bonchev–Trinajstić information content (AvgIpc) is 3.18. The lowest BCUT2D eigenvalue weighted by Gasteiger charge is -2.34. The fourth-order valence-electron chi connectivity index (χ4n) is 4.90. The summed E-state index contributed by atoms with van der Waals surface area (Å²) in [6.07, 6.45) is 9.63. The summed E-state index contributed by atoms with van der Waals surface area (Å²) < 4.78 is 0. The zero-order valence-electron chi connectivity index (χ0n) is 13.1. The largest absolute Gasteiger partial charge is 0.312 e. The highest BCUT2D eigenvalue weighted by atomic mass is 15.2. The molecule has 2 heteroatoms. The first-order valence-corrected chi connectivity index (χ1v) is 8.97. The Bertz CT molecular complexity index is 478. The van der Waals surface area contributed by atoms with Crippen LogP contribution in [0.15, 0.2) is 24.3 Å². The molecular weight excluding hydrogens is 256 g/mol. The van der Waals surface area contributed by atoms with Gasteiger partial charge in [0.05, 0.1) is 0 Å².